The van der Waals surface area contributed by atoms with Gasteiger partial charge in [0, 0.05) is 23.0 Å². The van der Waals surface area contributed by atoms with Crippen LogP contribution in [0.1, 0.15) is 36.8 Å². The maximum Gasteiger partial charge on any atom is 0.339 e. The third-order valence-corrected chi connectivity index (χ3v) is 2.95. The number of rotatable bonds is 4. The zero-order chi connectivity index (χ0) is 15.6. The second-order valence-electron chi connectivity index (χ2n) is 4.41. The molecule has 0 radical (unpaired) electrons. The van der Waals surface area contributed by atoms with Crippen LogP contribution in [0.5, 0.6) is 0 Å². The molecule has 21 heavy (non-hydrogen) atoms. The molecule has 0 aliphatic carbocycles. The standard InChI is InChI=1S/C14H13N3O4/c1-7-11(14(20)21)10(6-16-7)17-13(19)9-4-2-3-8(5-9)12(15)18/h2-6,16H,1H3,(H2,15,18)(H,17,19)(H,20,21). The van der Waals surface area contributed by atoms with E-state index in [1.54, 1.807) is 6.92 Å². The van der Waals surface area contributed by atoms with Crippen LogP contribution in [-0.4, -0.2) is 27.9 Å². The number of nitrogens with one attached hydrogen (secondary N) is 2. The summed E-state index contributed by atoms with van der Waals surface area (Å²) < 4.78 is 0. The summed E-state index contributed by atoms with van der Waals surface area (Å²) in [7, 11) is 0. The van der Waals surface area contributed by atoms with Crippen molar-refractivity contribution < 1.29 is 19.5 Å². The van der Waals surface area contributed by atoms with Gasteiger partial charge < -0.3 is 21.1 Å². The average Bonchev–Trinajstić information content (AvgIpc) is 2.79. The molecule has 0 bridgehead atoms. The Bertz CT molecular complexity index is 734. The molecule has 0 atom stereocenters. The number of anilines is 1. The first-order valence-corrected chi connectivity index (χ1v) is 6.02. The molecule has 0 unspecified atom stereocenters. The summed E-state index contributed by atoms with van der Waals surface area (Å²) in [6, 6.07) is 5.86. The normalized spacial score (nSPS) is 10.1. The van der Waals surface area contributed by atoms with Gasteiger partial charge in [0.25, 0.3) is 5.91 Å². The lowest BCUT2D eigenvalue weighted by Gasteiger charge is -2.06. The summed E-state index contributed by atoms with van der Waals surface area (Å²) in [5, 5.41) is 11.6. The number of nitrogens with two attached hydrogens (primary N) is 1. The van der Waals surface area contributed by atoms with Crippen molar-refractivity contribution in [2.75, 3.05) is 5.32 Å². The van der Waals surface area contributed by atoms with Gasteiger partial charge >= 0.3 is 5.97 Å². The van der Waals surface area contributed by atoms with Gasteiger partial charge in [-0.2, -0.15) is 0 Å². The fourth-order valence-electron chi connectivity index (χ4n) is 1.91. The molecule has 1 heterocycles. The molecule has 0 fully saturated rings. The lowest BCUT2D eigenvalue weighted by Crippen LogP contribution is -2.16. The van der Waals surface area contributed by atoms with Crippen molar-refractivity contribution in [1.82, 2.24) is 4.98 Å². The van der Waals surface area contributed by atoms with Gasteiger partial charge in [0.05, 0.1) is 5.69 Å². The second kappa shape index (κ2) is 5.49. The molecule has 5 N–H and O–H groups in total. The van der Waals surface area contributed by atoms with Crippen molar-refractivity contribution >= 4 is 23.5 Å². The smallest absolute Gasteiger partial charge is 0.339 e. The molecule has 7 heteroatoms. The molecule has 1 aromatic carbocycles. The van der Waals surface area contributed by atoms with Crippen LogP contribution >= 0.6 is 0 Å². The van der Waals surface area contributed by atoms with Gasteiger partial charge in [-0.3, -0.25) is 9.59 Å². The molecule has 108 valence electrons. The first-order chi connectivity index (χ1) is 9.90. The molecule has 2 amide bonds. The number of carbonyl (C=O) groups is 3. The highest BCUT2D eigenvalue weighted by atomic mass is 16.4. The Morgan fingerprint density at radius 2 is 1.90 bits per heavy atom. The van der Waals surface area contributed by atoms with Crippen LogP contribution in [0.4, 0.5) is 5.69 Å². The number of hydrogen-bond donors (Lipinski definition) is 4. The van der Waals surface area contributed by atoms with E-state index in [4.69, 9.17) is 10.8 Å². The third kappa shape index (κ3) is 2.92. The number of primary amides is 1. The molecular weight excluding hydrogens is 274 g/mol. The Labute approximate surface area is 119 Å². The lowest BCUT2D eigenvalue weighted by atomic mass is 10.1. The minimum atomic E-state index is -1.14. The Balaban J connectivity index is 2.28. The van der Waals surface area contributed by atoms with Crippen molar-refractivity contribution in [2.45, 2.75) is 6.92 Å². The largest absolute Gasteiger partial charge is 0.478 e. The van der Waals surface area contributed by atoms with Gasteiger partial charge in [-0.05, 0) is 25.1 Å². The van der Waals surface area contributed by atoms with Crippen molar-refractivity contribution in [1.29, 1.82) is 0 Å². The number of carbonyl (C=O) groups excluding carboxylic acids is 2. The molecule has 1 aromatic heterocycles. The Hall–Kier alpha value is -3.09. The Morgan fingerprint density at radius 1 is 1.24 bits per heavy atom. The number of aromatic carboxylic acids is 1. The molecule has 0 saturated carbocycles. The van der Waals surface area contributed by atoms with Gasteiger partial charge in [-0.15, -0.1) is 0 Å². The fourth-order valence-corrected chi connectivity index (χ4v) is 1.91. The SMILES string of the molecule is Cc1[nH]cc(NC(=O)c2cccc(C(N)=O)c2)c1C(=O)O. The van der Waals surface area contributed by atoms with Gasteiger partial charge in [0.1, 0.15) is 5.56 Å². The van der Waals surface area contributed by atoms with Crippen LogP contribution in [0.3, 0.4) is 0 Å². The van der Waals surface area contributed by atoms with Crippen molar-refractivity contribution in [3.05, 3.63) is 52.8 Å². The predicted molar refractivity (Wildman–Crippen MR) is 75.4 cm³/mol. The van der Waals surface area contributed by atoms with E-state index in [0.29, 0.717) is 5.69 Å². The number of H-pyrrole nitrogens is 1. The fraction of sp³-hybridized carbons (Fsp3) is 0.0714. The van der Waals surface area contributed by atoms with Gasteiger partial charge in [-0.1, -0.05) is 6.07 Å². The van der Waals surface area contributed by atoms with E-state index >= 15 is 0 Å². The topological polar surface area (TPSA) is 125 Å². The first-order valence-electron chi connectivity index (χ1n) is 6.02. The number of hydrogen-bond acceptors (Lipinski definition) is 3. The summed E-state index contributed by atoms with van der Waals surface area (Å²) in [6.45, 7) is 1.59. The van der Waals surface area contributed by atoms with Gasteiger partial charge in [0.15, 0.2) is 0 Å². The van der Waals surface area contributed by atoms with Crippen LogP contribution in [-0.2, 0) is 0 Å². The average molecular weight is 287 g/mol. The number of aromatic amines is 1. The lowest BCUT2D eigenvalue weighted by molar-refractivity contribution is 0.0697. The quantitative estimate of drug-likeness (QED) is 0.677. The van der Waals surface area contributed by atoms with E-state index in [1.807, 2.05) is 0 Å². The van der Waals surface area contributed by atoms with Crippen LogP contribution in [0, 0.1) is 6.92 Å². The van der Waals surface area contributed by atoms with Crippen LogP contribution in [0.25, 0.3) is 0 Å². The number of carboxylic acid groups (broad SMARTS) is 1. The van der Waals surface area contributed by atoms with E-state index in [1.165, 1.54) is 30.5 Å². The minimum absolute atomic E-state index is 0.00518. The monoisotopic (exact) mass is 287 g/mol. The minimum Gasteiger partial charge on any atom is -0.478 e. The number of amides is 2. The summed E-state index contributed by atoms with van der Waals surface area (Å²) >= 11 is 0. The highest BCUT2D eigenvalue weighted by Gasteiger charge is 2.18. The van der Waals surface area contributed by atoms with E-state index in [9.17, 15) is 14.4 Å². The van der Waals surface area contributed by atoms with E-state index < -0.39 is 17.8 Å². The van der Waals surface area contributed by atoms with Crippen LogP contribution < -0.4 is 11.1 Å². The number of aromatic nitrogens is 1. The summed E-state index contributed by atoms with van der Waals surface area (Å²) in [6.07, 6.45) is 1.40. The Morgan fingerprint density at radius 3 is 2.52 bits per heavy atom. The molecule has 7 nitrogen and oxygen atoms in total. The molecule has 0 aliphatic heterocycles. The van der Waals surface area contributed by atoms with Crippen molar-refractivity contribution in [3.8, 4) is 0 Å². The van der Waals surface area contributed by atoms with E-state index in [0.717, 1.165) is 0 Å². The summed E-state index contributed by atoms with van der Waals surface area (Å²) in [5.41, 5.74) is 6.15. The highest BCUT2D eigenvalue weighted by Crippen LogP contribution is 2.20. The maximum absolute atomic E-state index is 12.1. The predicted octanol–water partition coefficient (Wildman–Crippen LogP) is 1.37. The number of carboxylic acids is 1. The van der Waals surface area contributed by atoms with E-state index in [-0.39, 0.29) is 22.4 Å². The van der Waals surface area contributed by atoms with Crippen LogP contribution in [0.2, 0.25) is 0 Å². The third-order valence-electron chi connectivity index (χ3n) is 2.95. The van der Waals surface area contributed by atoms with Gasteiger partial charge in [-0.25, -0.2) is 4.79 Å². The van der Waals surface area contributed by atoms with E-state index in [2.05, 4.69) is 10.3 Å². The zero-order valence-corrected chi connectivity index (χ0v) is 11.1. The molecule has 2 aromatic rings. The molecular formula is C14H13N3O4. The first kappa shape index (κ1) is 14.3. The number of benzene rings is 1. The van der Waals surface area contributed by atoms with Crippen molar-refractivity contribution in [2.24, 2.45) is 5.73 Å². The van der Waals surface area contributed by atoms with Crippen molar-refractivity contribution in [3.63, 3.8) is 0 Å². The highest BCUT2D eigenvalue weighted by molar-refractivity contribution is 6.09. The molecule has 2 rings (SSSR count). The molecule has 0 saturated heterocycles. The maximum atomic E-state index is 12.1. The summed E-state index contributed by atoms with van der Waals surface area (Å²) in [5.74, 6) is -2.32. The zero-order valence-electron chi connectivity index (χ0n) is 11.1. The van der Waals surface area contributed by atoms with Crippen LogP contribution in [0.15, 0.2) is 30.5 Å². The number of aryl methyl sites for hydroxylation is 1. The Kier molecular flexibility index (Phi) is 3.75. The molecule has 0 aliphatic rings. The molecule has 0 spiro atoms. The van der Waals surface area contributed by atoms with Gasteiger partial charge in [0.2, 0.25) is 5.91 Å². The second-order valence-corrected chi connectivity index (χ2v) is 4.41. The summed E-state index contributed by atoms with van der Waals surface area (Å²) in [4.78, 5) is 37.1.